The summed E-state index contributed by atoms with van der Waals surface area (Å²) in [7, 11) is 0. The van der Waals surface area contributed by atoms with Crippen molar-refractivity contribution in [3.05, 3.63) is 63.9 Å². The minimum absolute atomic E-state index is 0.200. The van der Waals surface area contributed by atoms with E-state index in [0.717, 1.165) is 25.5 Å². The molecule has 0 bridgehead atoms. The van der Waals surface area contributed by atoms with Crippen molar-refractivity contribution in [3.8, 4) is 6.07 Å². The highest BCUT2D eigenvalue weighted by atomic mass is 16.1. The molecular weight excluding hydrogens is 238 g/mol. The zero-order valence-electron chi connectivity index (χ0n) is 10.4. The second-order valence-electron chi connectivity index (χ2n) is 4.59. The molecule has 0 N–H and O–H groups in total. The van der Waals surface area contributed by atoms with Gasteiger partial charge in [0.25, 0.3) is 0 Å². The van der Waals surface area contributed by atoms with Gasteiger partial charge in [0.15, 0.2) is 0 Å². The van der Waals surface area contributed by atoms with Gasteiger partial charge in [0, 0.05) is 31.9 Å². The molecular formula is C15H13N3O. The lowest BCUT2D eigenvalue weighted by atomic mass is 10.2. The van der Waals surface area contributed by atoms with Crippen LogP contribution in [0.4, 0.5) is 5.82 Å². The summed E-state index contributed by atoms with van der Waals surface area (Å²) in [5, 5.41) is 9.18. The van der Waals surface area contributed by atoms with E-state index < -0.39 is 0 Å². The van der Waals surface area contributed by atoms with Crippen LogP contribution in [0.2, 0.25) is 0 Å². The van der Waals surface area contributed by atoms with Gasteiger partial charge >= 0.3 is 0 Å². The fraction of sp³-hybridized carbons (Fsp3) is 0.200. The van der Waals surface area contributed by atoms with E-state index in [1.54, 1.807) is 6.20 Å². The predicted molar refractivity (Wildman–Crippen MR) is 72.9 cm³/mol. The highest BCUT2D eigenvalue weighted by molar-refractivity contribution is 5.56. The lowest BCUT2D eigenvalue weighted by molar-refractivity contribution is 0.769. The normalized spacial score (nSPS) is 13.1. The van der Waals surface area contributed by atoms with Gasteiger partial charge < -0.3 is 9.47 Å². The second-order valence-corrected chi connectivity index (χ2v) is 4.59. The van der Waals surface area contributed by atoms with E-state index in [2.05, 4.69) is 17.0 Å². The van der Waals surface area contributed by atoms with Gasteiger partial charge in [-0.25, -0.2) is 0 Å². The molecule has 4 nitrogen and oxygen atoms in total. The fourth-order valence-corrected chi connectivity index (χ4v) is 2.48. The number of nitrogens with zero attached hydrogens (tertiary/aromatic N) is 3. The molecule has 1 aliphatic heterocycles. The highest BCUT2D eigenvalue weighted by Gasteiger charge is 2.23. The van der Waals surface area contributed by atoms with E-state index >= 15 is 0 Å². The van der Waals surface area contributed by atoms with Crippen molar-refractivity contribution in [2.45, 2.75) is 13.1 Å². The molecule has 0 atom stereocenters. The van der Waals surface area contributed by atoms with Crippen LogP contribution in [0, 0.1) is 11.3 Å². The summed E-state index contributed by atoms with van der Waals surface area (Å²) in [6, 6.07) is 13.6. The SMILES string of the molecule is N#Cc1c2n(ccc1=O)CCN2Cc1ccccc1. The van der Waals surface area contributed by atoms with E-state index in [0.29, 0.717) is 0 Å². The topological polar surface area (TPSA) is 49.0 Å². The van der Waals surface area contributed by atoms with Gasteiger partial charge in [-0.15, -0.1) is 0 Å². The maximum atomic E-state index is 11.7. The molecule has 2 heterocycles. The number of rotatable bonds is 2. The number of hydrogen-bond donors (Lipinski definition) is 0. The van der Waals surface area contributed by atoms with Crippen LogP contribution in [0.15, 0.2) is 47.4 Å². The van der Waals surface area contributed by atoms with Crippen LogP contribution in [0.3, 0.4) is 0 Å². The summed E-state index contributed by atoms with van der Waals surface area (Å²) in [5.74, 6) is 0.749. The molecule has 0 unspecified atom stereocenters. The van der Waals surface area contributed by atoms with Crippen LogP contribution in [0.25, 0.3) is 0 Å². The summed E-state index contributed by atoms with van der Waals surface area (Å²) in [4.78, 5) is 13.8. The van der Waals surface area contributed by atoms with Crippen LogP contribution >= 0.6 is 0 Å². The van der Waals surface area contributed by atoms with Crippen molar-refractivity contribution in [2.24, 2.45) is 0 Å². The molecule has 94 valence electrons. The van der Waals surface area contributed by atoms with E-state index in [1.165, 1.54) is 11.6 Å². The Bertz CT molecular complexity index is 698. The van der Waals surface area contributed by atoms with Crippen molar-refractivity contribution in [1.82, 2.24) is 4.57 Å². The summed E-state index contributed by atoms with van der Waals surface area (Å²) in [5.41, 5.74) is 1.22. The summed E-state index contributed by atoms with van der Waals surface area (Å²) in [6.07, 6.45) is 1.77. The maximum Gasteiger partial charge on any atom is 0.201 e. The van der Waals surface area contributed by atoms with Crippen LogP contribution in [-0.2, 0) is 13.1 Å². The van der Waals surface area contributed by atoms with Gasteiger partial charge in [-0.3, -0.25) is 4.79 Å². The van der Waals surface area contributed by atoms with Crippen molar-refractivity contribution in [1.29, 1.82) is 5.26 Å². The van der Waals surface area contributed by atoms with Crippen LogP contribution in [-0.4, -0.2) is 11.1 Å². The fourth-order valence-electron chi connectivity index (χ4n) is 2.48. The Balaban J connectivity index is 2.00. The molecule has 2 aromatic rings. The Morgan fingerprint density at radius 3 is 2.68 bits per heavy atom. The van der Waals surface area contributed by atoms with Crippen molar-refractivity contribution in [3.63, 3.8) is 0 Å². The predicted octanol–water partition coefficient (Wildman–Crippen LogP) is 1.74. The maximum absolute atomic E-state index is 11.7. The molecule has 0 spiro atoms. The Morgan fingerprint density at radius 2 is 1.95 bits per heavy atom. The van der Waals surface area contributed by atoms with Crippen LogP contribution in [0.5, 0.6) is 0 Å². The molecule has 1 aliphatic rings. The third-order valence-corrected chi connectivity index (χ3v) is 3.39. The number of aromatic nitrogens is 1. The molecule has 0 fully saturated rings. The van der Waals surface area contributed by atoms with Gasteiger partial charge in [-0.1, -0.05) is 30.3 Å². The molecule has 19 heavy (non-hydrogen) atoms. The highest BCUT2D eigenvalue weighted by Crippen LogP contribution is 2.24. The second kappa shape index (κ2) is 4.62. The third-order valence-electron chi connectivity index (χ3n) is 3.39. The quantitative estimate of drug-likeness (QED) is 0.817. The summed E-state index contributed by atoms with van der Waals surface area (Å²) < 4.78 is 1.98. The molecule has 0 saturated carbocycles. The smallest absolute Gasteiger partial charge is 0.201 e. The monoisotopic (exact) mass is 251 g/mol. The largest absolute Gasteiger partial charge is 0.351 e. The molecule has 0 radical (unpaired) electrons. The van der Waals surface area contributed by atoms with E-state index in [9.17, 15) is 10.1 Å². The van der Waals surface area contributed by atoms with E-state index in [4.69, 9.17) is 0 Å². The third kappa shape index (κ3) is 2.00. The van der Waals surface area contributed by atoms with Crippen molar-refractivity contribution in [2.75, 3.05) is 11.4 Å². The summed E-state index contributed by atoms with van der Waals surface area (Å²) >= 11 is 0. The Labute approximate surface area is 111 Å². The average molecular weight is 251 g/mol. The van der Waals surface area contributed by atoms with Gasteiger partial charge in [0.1, 0.15) is 17.5 Å². The number of nitriles is 1. The first-order chi connectivity index (χ1) is 9.29. The van der Waals surface area contributed by atoms with Gasteiger partial charge in [0.2, 0.25) is 5.43 Å². The van der Waals surface area contributed by atoms with Crippen molar-refractivity contribution >= 4 is 5.82 Å². The summed E-state index contributed by atoms with van der Waals surface area (Å²) in [6.45, 7) is 2.36. The number of pyridine rings is 1. The average Bonchev–Trinajstić information content (AvgIpc) is 2.83. The lowest BCUT2D eigenvalue weighted by Crippen LogP contribution is -2.22. The zero-order valence-corrected chi connectivity index (χ0v) is 10.4. The first kappa shape index (κ1) is 11.5. The molecule has 3 rings (SSSR count). The minimum Gasteiger partial charge on any atom is -0.351 e. The van der Waals surface area contributed by atoms with Crippen LogP contribution in [0.1, 0.15) is 11.1 Å². The van der Waals surface area contributed by atoms with Gasteiger partial charge in [0.05, 0.1) is 0 Å². The van der Waals surface area contributed by atoms with Crippen molar-refractivity contribution < 1.29 is 0 Å². The van der Waals surface area contributed by atoms with E-state index in [1.807, 2.05) is 28.8 Å². The molecule has 4 heteroatoms. The number of fused-ring (bicyclic) bond motifs is 1. The Kier molecular flexibility index (Phi) is 2.81. The van der Waals surface area contributed by atoms with Crippen LogP contribution < -0.4 is 10.3 Å². The number of hydrogen-bond acceptors (Lipinski definition) is 3. The standard InChI is InChI=1S/C15H13N3O/c16-10-13-14(19)6-7-17-8-9-18(15(13)17)11-12-4-2-1-3-5-12/h1-7H,8-9,11H2. The lowest BCUT2D eigenvalue weighted by Gasteiger charge is -2.19. The molecule has 1 aromatic carbocycles. The minimum atomic E-state index is -0.200. The molecule has 1 aromatic heterocycles. The number of anilines is 1. The Morgan fingerprint density at radius 1 is 1.16 bits per heavy atom. The van der Waals surface area contributed by atoms with Gasteiger partial charge in [-0.05, 0) is 5.56 Å². The first-order valence-corrected chi connectivity index (χ1v) is 6.22. The number of benzene rings is 1. The van der Waals surface area contributed by atoms with E-state index in [-0.39, 0.29) is 11.0 Å². The molecule has 0 amide bonds. The zero-order chi connectivity index (χ0) is 13.2. The first-order valence-electron chi connectivity index (χ1n) is 6.22. The Hall–Kier alpha value is -2.54. The van der Waals surface area contributed by atoms with Gasteiger partial charge in [-0.2, -0.15) is 5.26 Å². The molecule has 0 aliphatic carbocycles. The molecule has 0 saturated heterocycles.